The molecular weight excluding hydrogens is 437 g/mol. The van der Waals surface area contributed by atoms with Crippen LogP contribution in [0.25, 0.3) is 22.0 Å². The van der Waals surface area contributed by atoms with E-state index in [0.29, 0.717) is 18.6 Å². The van der Waals surface area contributed by atoms with Gasteiger partial charge < -0.3 is 15.6 Å². The number of rotatable bonds is 8. The van der Waals surface area contributed by atoms with E-state index in [1.165, 1.54) is 22.8 Å². The molecule has 0 spiro atoms. The van der Waals surface area contributed by atoms with Gasteiger partial charge in [-0.2, -0.15) is 0 Å². The Morgan fingerprint density at radius 2 is 1.60 bits per heavy atom. The lowest BCUT2D eigenvalue weighted by atomic mass is 10.00. The fourth-order valence-electron chi connectivity index (χ4n) is 4.58. The summed E-state index contributed by atoms with van der Waals surface area (Å²) in [6.07, 6.45) is 2.32. The molecule has 0 amide bonds. The molecule has 0 aliphatic heterocycles. The maximum Gasteiger partial charge on any atom is 0.147 e. The number of aryl methyl sites for hydroxylation is 2. The zero-order valence-corrected chi connectivity index (χ0v) is 19.9. The van der Waals surface area contributed by atoms with Gasteiger partial charge in [-0.05, 0) is 54.2 Å². The fourth-order valence-corrected chi connectivity index (χ4v) is 4.58. The summed E-state index contributed by atoms with van der Waals surface area (Å²) in [7, 11) is 0. The molecule has 5 rings (SSSR count). The third-order valence-electron chi connectivity index (χ3n) is 6.34. The Morgan fingerprint density at radius 3 is 2.43 bits per heavy atom. The van der Waals surface area contributed by atoms with Crippen molar-refractivity contribution in [1.82, 2.24) is 15.0 Å². The number of H-pyrrole nitrogens is 1. The molecule has 176 valence electrons. The number of halogens is 1. The van der Waals surface area contributed by atoms with E-state index in [1.54, 1.807) is 6.33 Å². The van der Waals surface area contributed by atoms with E-state index in [4.69, 9.17) is 0 Å². The highest BCUT2D eigenvalue weighted by Gasteiger charge is 2.14. The average Bonchev–Trinajstić information content (AvgIpc) is 3.23. The minimum absolute atomic E-state index is 0.215. The third-order valence-corrected chi connectivity index (χ3v) is 6.34. The number of aromatic amines is 1. The lowest BCUT2D eigenvalue weighted by Gasteiger charge is -2.12. The Bertz CT molecular complexity index is 1460. The summed E-state index contributed by atoms with van der Waals surface area (Å²) in [5.41, 5.74) is 7.38. The molecule has 0 radical (unpaired) electrons. The van der Waals surface area contributed by atoms with Crippen LogP contribution in [-0.4, -0.2) is 21.5 Å². The number of fused-ring (bicyclic) bond motifs is 1. The van der Waals surface area contributed by atoms with Gasteiger partial charge in [0.2, 0.25) is 0 Å². The molecule has 0 fully saturated rings. The monoisotopic (exact) mass is 465 g/mol. The zero-order valence-electron chi connectivity index (χ0n) is 19.9. The molecule has 0 bridgehead atoms. The molecule has 6 heteroatoms. The number of nitrogens with one attached hydrogen (secondary N) is 3. The van der Waals surface area contributed by atoms with Crippen molar-refractivity contribution in [2.75, 3.05) is 17.2 Å². The van der Waals surface area contributed by atoms with Crippen molar-refractivity contribution in [3.05, 3.63) is 107 Å². The van der Waals surface area contributed by atoms with Crippen LogP contribution < -0.4 is 10.6 Å². The second-order valence-electron chi connectivity index (χ2n) is 8.68. The molecular formula is C29H28FN5. The molecule has 5 aromatic rings. The molecule has 0 aliphatic carbocycles. The standard InChI is InChI=1S/C29H28FN5/c1-19-12-13-25(30)29-28(19)23(20(2)35-29)14-15-31-26-16-27(34-18-33-26)32-17-22-10-6-7-11-24(22)21-8-4-3-5-9-21/h3-13,16,18,35H,14-15,17H2,1-2H3,(H2,31,32,33,34). The minimum atomic E-state index is -0.215. The van der Waals surface area contributed by atoms with Crippen molar-refractivity contribution in [2.24, 2.45) is 0 Å². The molecule has 3 aromatic carbocycles. The Hall–Kier alpha value is -4.19. The molecule has 35 heavy (non-hydrogen) atoms. The van der Waals surface area contributed by atoms with E-state index >= 15 is 0 Å². The first-order valence-corrected chi connectivity index (χ1v) is 11.8. The quantitative estimate of drug-likeness (QED) is 0.240. The van der Waals surface area contributed by atoms with Crippen molar-refractivity contribution in [1.29, 1.82) is 0 Å². The normalized spacial score (nSPS) is 11.1. The Kier molecular flexibility index (Phi) is 6.44. The number of aromatic nitrogens is 3. The molecule has 0 aliphatic rings. The van der Waals surface area contributed by atoms with Gasteiger partial charge in [0.1, 0.15) is 23.8 Å². The van der Waals surface area contributed by atoms with E-state index < -0.39 is 0 Å². The maximum absolute atomic E-state index is 14.2. The first kappa shape index (κ1) is 22.6. The van der Waals surface area contributed by atoms with Crippen molar-refractivity contribution in [2.45, 2.75) is 26.8 Å². The van der Waals surface area contributed by atoms with Gasteiger partial charge in [-0.3, -0.25) is 0 Å². The van der Waals surface area contributed by atoms with Gasteiger partial charge in [0.15, 0.2) is 0 Å². The highest BCUT2D eigenvalue weighted by atomic mass is 19.1. The summed E-state index contributed by atoms with van der Waals surface area (Å²) in [6.45, 7) is 5.34. The molecule has 5 nitrogen and oxygen atoms in total. The van der Waals surface area contributed by atoms with Gasteiger partial charge >= 0.3 is 0 Å². The second-order valence-corrected chi connectivity index (χ2v) is 8.68. The molecule has 0 saturated heterocycles. The minimum Gasteiger partial charge on any atom is -0.370 e. The molecule has 0 saturated carbocycles. The molecule has 2 aromatic heterocycles. The summed E-state index contributed by atoms with van der Waals surface area (Å²) in [4.78, 5) is 12.0. The van der Waals surface area contributed by atoms with Gasteiger partial charge in [-0.1, -0.05) is 60.7 Å². The summed E-state index contributed by atoms with van der Waals surface area (Å²) in [5, 5.41) is 7.79. The SMILES string of the molecule is Cc1[nH]c2c(F)ccc(C)c2c1CCNc1cc(NCc2ccccc2-c2ccccc2)ncn1. The largest absolute Gasteiger partial charge is 0.370 e. The molecule has 3 N–H and O–H groups in total. The average molecular weight is 466 g/mol. The van der Waals surface area contributed by atoms with E-state index in [0.717, 1.165) is 40.3 Å². The van der Waals surface area contributed by atoms with E-state index in [9.17, 15) is 4.39 Å². The number of hydrogen-bond donors (Lipinski definition) is 3. The summed E-state index contributed by atoms with van der Waals surface area (Å²) in [6, 6.07) is 24.0. The van der Waals surface area contributed by atoms with Crippen LogP contribution in [0.1, 0.15) is 22.4 Å². The van der Waals surface area contributed by atoms with E-state index in [2.05, 4.69) is 74.1 Å². The number of benzene rings is 3. The first-order valence-electron chi connectivity index (χ1n) is 11.8. The topological polar surface area (TPSA) is 65.6 Å². The van der Waals surface area contributed by atoms with Crippen LogP contribution in [0.3, 0.4) is 0 Å². The van der Waals surface area contributed by atoms with Gasteiger partial charge in [0.25, 0.3) is 0 Å². The fraction of sp³-hybridized carbons (Fsp3) is 0.172. The molecule has 2 heterocycles. The summed E-state index contributed by atoms with van der Waals surface area (Å²) in [5.74, 6) is 1.29. The van der Waals surface area contributed by atoms with Crippen LogP contribution in [0.15, 0.2) is 79.1 Å². The second kappa shape index (κ2) is 9.97. The van der Waals surface area contributed by atoms with Crippen LogP contribution in [0.4, 0.5) is 16.0 Å². The van der Waals surface area contributed by atoms with Gasteiger partial charge in [-0.15, -0.1) is 0 Å². The highest BCUT2D eigenvalue weighted by Crippen LogP contribution is 2.28. The highest BCUT2D eigenvalue weighted by molar-refractivity contribution is 5.88. The number of nitrogens with zero attached hydrogens (tertiary/aromatic N) is 2. The summed E-state index contributed by atoms with van der Waals surface area (Å²) >= 11 is 0. The molecule has 0 atom stereocenters. The predicted molar refractivity (Wildman–Crippen MR) is 141 cm³/mol. The zero-order chi connectivity index (χ0) is 24.2. The molecule has 0 unspecified atom stereocenters. The van der Waals surface area contributed by atoms with Crippen molar-refractivity contribution < 1.29 is 4.39 Å². The van der Waals surface area contributed by atoms with Crippen LogP contribution in [0.5, 0.6) is 0 Å². The van der Waals surface area contributed by atoms with E-state index in [-0.39, 0.29) is 5.82 Å². The van der Waals surface area contributed by atoms with Gasteiger partial charge in [0, 0.05) is 30.2 Å². The summed E-state index contributed by atoms with van der Waals surface area (Å²) < 4.78 is 14.2. The van der Waals surface area contributed by atoms with Crippen molar-refractivity contribution >= 4 is 22.5 Å². The number of hydrogen-bond acceptors (Lipinski definition) is 4. The number of anilines is 2. The van der Waals surface area contributed by atoms with Crippen LogP contribution >= 0.6 is 0 Å². The lowest BCUT2D eigenvalue weighted by Crippen LogP contribution is -2.09. The first-order chi connectivity index (χ1) is 17.1. The Balaban J connectivity index is 1.25. The van der Waals surface area contributed by atoms with Crippen molar-refractivity contribution in [3.63, 3.8) is 0 Å². The smallest absolute Gasteiger partial charge is 0.147 e. The van der Waals surface area contributed by atoms with Gasteiger partial charge in [0.05, 0.1) is 5.52 Å². The Labute approximate surface area is 204 Å². The van der Waals surface area contributed by atoms with Gasteiger partial charge in [-0.25, -0.2) is 14.4 Å². The third kappa shape index (κ3) is 4.87. The predicted octanol–water partition coefficient (Wildman–Crippen LogP) is 6.65. The van der Waals surface area contributed by atoms with Crippen LogP contribution in [0.2, 0.25) is 0 Å². The van der Waals surface area contributed by atoms with Crippen LogP contribution in [0, 0.1) is 19.7 Å². The lowest BCUT2D eigenvalue weighted by molar-refractivity contribution is 0.637. The van der Waals surface area contributed by atoms with Crippen molar-refractivity contribution in [3.8, 4) is 11.1 Å². The Morgan fingerprint density at radius 1 is 0.857 bits per heavy atom. The van der Waals surface area contributed by atoms with Crippen LogP contribution in [-0.2, 0) is 13.0 Å². The van der Waals surface area contributed by atoms with E-state index in [1.807, 2.05) is 32.0 Å². The maximum atomic E-state index is 14.2.